The van der Waals surface area contributed by atoms with Crippen molar-refractivity contribution in [3.8, 4) is 0 Å². The fourth-order valence-electron chi connectivity index (χ4n) is 0.839. The summed E-state index contributed by atoms with van der Waals surface area (Å²) in [4.78, 5) is 13.3. The lowest BCUT2D eigenvalue weighted by molar-refractivity contribution is -0.394. The Kier molecular flexibility index (Phi) is 4.92. The van der Waals surface area contributed by atoms with Crippen LogP contribution < -0.4 is 0 Å². The van der Waals surface area contributed by atoms with E-state index in [1.54, 1.807) is 0 Å². The fourth-order valence-corrected chi connectivity index (χ4v) is 1.36. The van der Waals surface area contributed by atoms with Crippen LogP contribution in [0.2, 0.25) is 0 Å². The summed E-state index contributed by atoms with van der Waals surface area (Å²) in [7, 11) is 0. The van der Waals surface area contributed by atoms with Crippen molar-refractivity contribution >= 4 is 33.5 Å². The van der Waals surface area contributed by atoms with E-state index in [9.17, 15) is 10.1 Å². The van der Waals surface area contributed by atoms with Crippen LogP contribution in [0, 0.1) is 10.1 Å². The molecule has 0 bridgehead atoms. The molecule has 84 valence electrons. The summed E-state index contributed by atoms with van der Waals surface area (Å²) in [6, 6.07) is 0. The maximum Gasteiger partial charge on any atom is 0.492 e. The highest BCUT2D eigenvalue weighted by Gasteiger charge is 2.18. The van der Waals surface area contributed by atoms with Crippen molar-refractivity contribution < 1.29 is 9.66 Å². The molecule has 0 unspecified atom stereocenters. The molecule has 0 spiro atoms. The SMILES string of the molecule is O=[N+]([O-])c1nc(Br)n(CCOCCCl)n1. The smallest absolute Gasteiger partial charge is 0.390 e. The number of hydrogen-bond donors (Lipinski definition) is 0. The molecule has 0 radical (unpaired) electrons. The summed E-state index contributed by atoms with van der Waals surface area (Å²) in [5.41, 5.74) is 0. The first-order valence-electron chi connectivity index (χ1n) is 4.03. The minimum Gasteiger partial charge on any atom is -0.390 e. The molecular formula is C6H8BrClN4O3. The molecule has 0 amide bonds. The van der Waals surface area contributed by atoms with Gasteiger partial charge < -0.3 is 14.9 Å². The predicted molar refractivity (Wildman–Crippen MR) is 55.9 cm³/mol. The zero-order valence-electron chi connectivity index (χ0n) is 7.60. The van der Waals surface area contributed by atoms with Gasteiger partial charge in [0.2, 0.25) is 0 Å². The first-order valence-corrected chi connectivity index (χ1v) is 5.36. The van der Waals surface area contributed by atoms with Crippen LogP contribution >= 0.6 is 27.5 Å². The van der Waals surface area contributed by atoms with Crippen molar-refractivity contribution in [1.82, 2.24) is 14.8 Å². The molecule has 1 heterocycles. The van der Waals surface area contributed by atoms with E-state index in [1.807, 2.05) is 0 Å². The summed E-state index contributed by atoms with van der Waals surface area (Å²) in [5, 5.41) is 14.0. The normalized spacial score (nSPS) is 10.5. The highest BCUT2D eigenvalue weighted by atomic mass is 79.9. The predicted octanol–water partition coefficient (Wildman–Crippen LogP) is 1.20. The summed E-state index contributed by atoms with van der Waals surface area (Å²) in [6.07, 6.45) is 0. The lowest BCUT2D eigenvalue weighted by Gasteiger charge is -1.99. The van der Waals surface area contributed by atoms with Gasteiger partial charge in [0.05, 0.1) is 19.8 Å². The van der Waals surface area contributed by atoms with Crippen molar-refractivity contribution in [2.24, 2.45) is 0 Å². The zero-order chi connectivity index (χ0) is 11.3. The lowest BCUT2D eigenvalue weighted by atomic mass is 10.7. The van der Waals surface area contributed by atoms with E-state index in [-0.39, 0.29) is 0 Å². The van der Waals surface area contributed by atoms with E-state index in [0.717, 1.165) is 0 Å². The third-order valence-corrected chi connectivity index (χ3v) is 2.19. The van der Waals surface area contributed by atoms with Gasteiger partial charge in [0.1, 0.15) is 0 Å². The number of alkyl halides is 1. The van der Waals surface area contributed by atoms with Crippen molar-refractivity contribution in [2.75, 3.05) is 19.1 Å². The van der Waals surface area contributed by atoms with Gasteiger partial charge in [-0.25, -0.2) is 0 Å². The number of hydrogen-bond acceptors (Lipinski definition) is 5. The minimum atomic E-state index is -0.652. The van der Waals surface area contributed by atoms with E-state index < -0.39 is 10.9 Å². The Morgan fingerprint density at radius 2 is 2.33 bits per heavy atom. The zero-order valence-corrected chi connectivity index (χ0v) is 9.94. The second-order valence-electron chi connectivity index (χ2n) is 2.46. The average molecular weight is 300 g/mol. The Hall–Kier alpha value is -0.730. The van der Waals surface area contributed by atoms with E-state index in [0.29, 0.717) is 30.4 Å². The summed E-state index contributed by atoms with van der Waals surface area (Å²) in [6.45, 7) is 1.21. The van der Waals surface area contributed by atoms with Crippen LogP contribution in [0.15, 0.2) is 4.73 Å². The molecule has 0 saturated carbocycles. The quantitative estimate of drug-likeness (QED) is 0.341. The molecule has 0 fully saturated rings. The number of rotatable bonds is 6. The van der Waals surface area contributed by atoms with Gasteiger partial charge >= 0.3 is 5.95 Å². The standard InChI is InChI=1S/C6H8BrClN4O3/c7-5-9-6(12(13)14)10-11(5)2-4-15-3-1-8/h1-4H2. The van der Waals surface area contributed by atoms with Gasteiger partial charge in [0.15, 0.2) is 0 Å². The monoisotopic (exact) mass is 298 g/mol. The summed E-state index contributed by atoms with van der Waals surface area (Å²) >= 11 is 8.46. The average Bonchev–Trinajstić information content (AvgIpc) is 2.55. The van der Waals surface area contributed by atoms with Crippen LogP contribution in [-0.4, -0.2) is 38.8 Å². The number of ether oxygens (including phenoxy) is 1. The van der Waals surface area contributed by atoms with Gasteiger partial charge in [-0.3, -0.25) is 0 Å². The lowest BCUT2D eigenvalue weighted by Crippen LogP contribution is -2.09. The molecule has 0 atom stereocenters. The largest absolute Gasteiger partial charge is 0.492 e. The van der Waals surface area contributed by atoms with Gasteiger partial charge in [-0.2, -0.15) is 4.68 Å². The van der Waals surface area contributed by atoms with Gasteiger partial charge in [0.25, 0.3) is 4.73 Å². The molecule has 1 aromatic rings. The molecule has 0 aliphatic carbocycles. The molecule has 15 heavy (non-hydrogen) atoms. The molecule has 7 nitrogen and oxygen atoms in total. The van der Waals surface area contributed by atoms with Crippen molar-refractivity contribution in [1.29, 1.82) is 0 Å². The molecule has 0 saturated heterocycles. The maximum atomic E-state index is 10.3. The molecule has 1 aromatic heterocycles. The summed E-state index contributed by atoms with van der Waals surface area (Å²) < 4.78 is 6.76. The molecule has 9 heteroatoms. The third kappa shape index (κ3) is 3.73. The van der Waals surface area contributed by atoms with Gasteiger partial charge in [0, 0.05) is 26.9 Å². The van der Waals surface area contributed by atoms with E-state index in [2.05, 4.69) is 26.0 Å². The number of nitrogens with zero attached hydrogens (tertiary/aromatic N) is 4. The highest BCUT2D eigenvalue weighted by Crippen LogP contribution is 2.11. The molecule has 1 rings (SSSR count). The first-order chi connectivity index (χ1) is 7.15. The van der Waals surface area contributed by atoms with Crippen molar-refractivity contribution in [3.63, 3.8) is 0 Å². The van der Waals surface area contributed by atoms with Crippen LogP contribution in [0.3, 0.4) is 0 Å². The van der Waals surface area contributed by atoms with Crippen LogP contribution in [0.5, 0.6) is 0 Å². The molecule has 0 aliphatic heterocycles. The Labute approximate surface area is 98.7 Å². The van der Waals surface area contributed by atoms with Gasteiger partial charge in [-0.1, -0.05) is 0 Å². The Morgan fingerprint density at radius 3 is 2.87 bits per heavy atom. The minimum absolute atomic E-state index is 0.309. The Bertz CT molecular complexity index is 345. The number of aromatic nitrogens is 3. The van der Waals surface area contributed by atoms with Crippen molar-refractivity contribution in [3.05, 3.63) is 14.8 Å². The van der Waals surface area contributed by atoms with E-state index >= 15 is 0 Å². The van der Waals surface area contributed by atoms with E-state index in [4.69, 9.17) is 16.3 Å². The topological polar surface area (TPSA) is 83.1 Å². The second kappa shape index (κ2) is 5.99. The molecule has 0 aliphatic rings. The van der Waals surface area contributed by atoms with Crippen molar-refractivity contribution in [2.45, 2.75) is 6.54 Å². The van der Waals surface area contributed by atoms with Crippen LogP contribution in [0.1, 0.15) is 0 Å². The molecule has 0 N–H and O–H groups in total. The second-order valence-corrected chi connectivity index (χ2v) is 3.55. The first kappa shape index (κ1) is 12.3. The Morgan fingerprint density at radius 1 is 1.60 bits per heavy atom. The fraction of sp³-hybridized carbons (Fsp3) is 0.667. The van der Waals surface area contributed by atoms with Crippen LogP contribution in [0.4, 0.5) is 5.95 Å². The summed E-state index contributed by atoms with van der Waals surface area (Å²) in [5.74, 6) is -0.0159. The number of nitro groups is 1. The van der Waals surface area contributed by atoms with E-state index in [1.165, 1.54) is 4.68 Å². The molecule has 0 aromatic carbocycles. The Balaban J connectivity index is 2.50. The van der Waals surface area contributed by atoms with Crippen LogP contribution in [0.25, 0.3) is 0 Å². The van der Waals surface area contributed by atoms with Gasteiger partial charge in [-0.05, 0) is 9.91 Å². The maximum absolute atomic E-state index is 10.3. The van der Waals surface area contributed by atoms with Gasteiger partial charge in [-0.15, -0.1) is 11.6 Å². The third-order valence-electron chi connectivity index (χ3n) is 1.45. The highest BCUT2D eigenvalue weighted by molar-refractivity contribution is 9.10. The van der Waals surface area contributed by atoms with Crippen LogP contribution in [-0.2, 0) is 11.3 Å². The number of halogens is 2. The molecular weight excluding hydrogens is 291 g/mol.